The van der Waals surface area contributed by atoms with Gasteiger partial charge >= 0.3 is 0 Å². The number of rotatable bonds is 7. The van der Waals surface area contributed by atoms with Gasteiger partial charge in [0.15, 0.2) is 0 Å². The number of halogens is 1. The van der Waals surface area contributed by atoms with E-state index in [2.05, 4.69) is 0 Å². The van der Waals surface area contributed by atoms with E-state index in [1.54, 1.807) is 18.8 Å². The quantitative estimate of drug-likeness (QED) is 0.574. The minimum atomic E-state index is -3.19. The Morgan fingerprint density at radius 1 is 1.28 bits per heavy atom. The molecule has 0 fully saturated rings. The predicted octanol–water partition coefficient (Wildman–Crippen LogP) is 2.80. The van der Waals surface area contributed by atoms with Gasteiger partial charge in [0.05, 0.1) is 5.75 Å². The highest BCUT2D eigenvalue weighted by atomic mass is 35.5. The molecule has 0 aliphatic carbocycles. The van der Waals surface area contributed by atoms with E-state index in [-0.39, 0.29) is 5.75 Å². The first-order valence-corrected chi connectivity index (χ1v) is 8.99. The zero-order valence-electron chi connectivity index (χ0n) is 10.6. The lowest BCUT2D eigenvalue weighted by Gasteiger charge is -2.17. The molecule has 0 amide bonds. The molecule has 0 atom stereocenters. The molecular formula is C12H18ClNO2S2. The summed E-state index contributed by atoms with van der Waals surface area (Å²) < 4.78 is 25.1. The van der Waals surface area contributed by atoms with Crippen molar-refractivity contribution in [2.24, 2.45) is 0 Å². The smallest absolute Gasteiger partial charge is 0.212 e. The van der Waals surface area contributed by atoms with Crippen molar-refractivity contribution in [3.05, 3.63) is 29.8 Å². The molecule has 0 saturated heterocycles. The molecule has 6 heteroatoms. The van der Waals surface area contributed by atoms with E-state index in [1.165, 1.54) is 9.20 Å². The summed E-state index contributed by atoms with van der Waals surface area (Å²) in [5.74, 6) is 0.478. The fourth-order valence-electron chi connectivity index (χ4n) is 1.48. The second-order valence-corrected chi connectivity index (χ2v) is 7.42. The van der Waals surface area contributed by atoms with E-state index in [0.29, 0.717) is 18.8 Å². The van der Waals surface area contributed by atoms with E-state index in [0.717, 1.165) is 5.56 Å². The minimum Gasteiger partial charge on any atom is -0.212 e. The molecule has 102 valence electrons. The lowest BCUT2D eigenvalue weighted by Crippen LogP contribution is -2.28. The van der Waals surface area contributed by atoms with Crippen LogP contribution in [0, 0.1) is 0 Å². The number of alkyl halides is 1. The van der Waals surface area contributed by atoms with Crippen molar-refractivity contribution in [2.75, 3.05) is 24.9 Å². The van der Waals surface area contributed by atoms with E-state index in [1.807, 2.05) is 30.5 Å². The van der Waals surface area contributed by atoms with Crippen molar-refractivity contribution in [1.82, 2.24) is 4.31 Å². The van der Waals surface area contributed by atoms with Crippen LogP contribution in [0.3, 0.4) is 0 Å². The largest absolute Gasteiger partial charge is 0.214 e. The van der Waals surface area contributed by atoms with Crippen molar-refractivity contribution in [3.8, 4) is 0 Å². The SMILES string of the molecule is CSc1ccc(CN(C)S(=O)(=O)CCCCl)cc1. The van der Waals surface area contributed by atoms with Crippen LogP contribution in [0.4, 0.5) is 0 Å². The van der Waals surface area contributed by atoms with Crippen molar-refractivity contribution in [3.63, 3.8) is 0 Å². The van der Waals surface area contributed by atoms with E-state index in [9.17, 15) is 8.42 Å². The number of thioether (sulfide) groups is 1. The van der Waals surface area contributed by atoms with Gasteiger partial charge in [-0.1, -0.05) is 12.1 Å². The van der Waals surface area contributed by atoms with Crippen LogP contribution in [0.5, 0.6) is 0 Å². The summed E-state index contributed by atoms with van der Waals surface area (Å²) in [5.41, 5.74) is 0.991. The molecule has 0 N–H and O–H groups in total. The summed E-state index contributed by atoms with van der Waals surface area (Å²) in [6.45, 7) is 0.402. The Labute approximate surface area is 119 Å². The fourth-order valence-corrected chi connectivity index (χ4v) is 3.35. The topological polar surface area (TPSA) is 37.4 Å². The fraction of sp³-hybridized carbons (Fsp3) is 0.500. The zero-order chi connectivity index (χ0) is 13.6. The van der Waals surface area contributed by atoms with E-state index < -0.39 is 10.0 Å². The molecule has 0 heterocycles. The normalized spacial score (nSPS) is 12.0. The first-order chi connectivity index (χ1) is 8.49. The number of nitrogens with zero attached hydrogens (tertiary/aromatic N) is 1. The van der Waals surface area contributed by atoms with Crippen LogP contribution in [-0.2, 0) is 16.6 Å². The van der Waals surface area contributed by atoms with Gasteiger partial charge < -0.3 is 0 Å². The number of hydrogen-bond donors (Lipinski definition) is 0. The van der Waals surface area contributed by atoms with Crippen molar-refractivity contribution >= 4 is 33.4 Å². The van der Waals surface area contributed by atoms with Gasteiger partial charge in [-0.05, 0) is 30.4 Å². The highest BCUT2D eigenvalue weighted by Gasteiger charge is 2.17. The number of sulfonamides is 1. The highest BCUT2D eigenvalue weighted by molar-refractivity contribution is 7.98. The maximum atomic E-state index is 11.9. The molecule has 1 aromatic rings. The summed E-state index contributed by atoms with van der Waals surface area (Å²) in [7, 11) is -1.59. The molecule has 0 aliphatic rings. The summed E-state index contributed by atoms with van der Waals surface area (Å²) in [4.78, 5) is 1.17. The summed E-state index contributed by atoms with van der Waals surface area (Å²) >= 11 is 7.19. The molecule has 0 spiro atoms. The highest BCUT2D eigenvalue weighted by Crippen LogP contribution is 2.16. The van der Waals surface area contributed by atoms with Gasteiger partial charge in [0.1, 0.15) is 0 Å². The molecule has 0 saturated carbocycles. The summed E-state index contributed by atoms with van der Waals surface area (Å²) in [5, 5.41) is 0. The predicted molar refractivity (Wildman–Crippen MR) is 78.8 cm³/mol. The number of benzene rings is 1. The minimum absolute atomic E-state index is 0.107. The van der Waals surface area contributed by atoms with Crippen LogP contribution >= 0.6 is 23.4 Å². The Kier molecular flexibility index (Phi) is 6.49. The van der Waals surface area contributed by atoms with Gasteiger partial charge in [0.2, 0.25) is 10.0 Å². The van der Waals surface area contributed by atoms with Crippen LogP contribution in [0.25, 0.3) is 0 Å². The van der Waals surface area contributed by atoms with Crippen LogP contribution < -0.4 is 0 Å². The Bertz CT molecular complexity index is 459. The Morgan fingerprint density at radius 3 is 2.39 bits per heavy atom. The van der Waals surface area contributed by atoms with Gasteiger partial charge in [-0.25, -0.2) is 12.7 Å². The van der Waals surface area contributed by atoms with Gasteiger partial charge in [0.25, 0.3) is 0 Å². The molecule has 0 radical (unpaired) electrons. The maximum absolute atomic E-state index is 11.9. The second-order valence-electron chi connectivity index (χ2n) is 3.96. The summed E-state index contributed by atoms with van der Waals surface area (Å²) in [6.07, 6.45) is 2.50. The third-order valence-corrected chi connectivity index (χ3v) is 5.47. The van der Waals surface area contributed by atoms with Gasteiger partial charge in [-0.15, -0.1) is 23.4 Å². The Balaban J connectivity index is 2.65. The van der Waals surface area contributed by atoms with E-state index in [4.69, 9.17) is 11.6 Å². The van der Waals surface area contributed by atoms with Crippen molar-refractivity contribution in [2.45, 2.75) is 17.9 Å². The van der Waals surface area contributed by atoms with Crippen LogP contribution in [-0.4, -0.2) is 37.7 Å². The molecule has 1 aromatic carbocycles. The molecule has 3 nitrogen and oxygen atoms in total. The molecule has 1 rings (SSSR count). The van der Waals surface area contributed by atoms with Crippen LogP contribution in [0.15, 0.2) is 29.2 Å². The lowest BCUT2D eigenvalue weighted by molar-refractivity contribution is 0.466. The van der Waals surface area contributed by atoms with Crippen molar-refractivity contribution in [1.29, 1.82) is 0 Å². The van der Waals surface area contributed by atoms with Crippen LogP contribution in [0.1, 0.15) is 12.0 Å². The molecule has 0 bridgehead atoms. The lowest BCUT2D eigenvalue weighted by atomic mass is 10.2. The monoisotopic (exact) mass is 307 g/mol. The van der Waals surface area contributed by atoms with Gasteiger partial charge in [-0.2, -0.15) is 0 Å². The average Bonchev–Trinajstić information content (AvgIpc) is 2.37. The van der Waals surface area contributed by atoms with E-state index >= 15 is 0 Å². The molecule has 0 aromatic heterocycles. The molecule has 0 unspecified atom stereocenters. The maximum Gasteiger partial charge on any atom is 0.214 e. The number of hydrogen-bond acceptors (Lipinski definition) is 3. The van der Waals surface area contributed by atoms with Crippen LogP contribution in [0.2, 0.25) is 0 Å². The second kappa shape index (κ2) is 7.38. The Morgan fingerprint density at radius 2 is 1.89 bits per heavy atom. The summed E-state index contributed by atoms with van der Waals surface area (Å²) in [6, 6.07) is 7.91. The average molecular weight is 308 g/mol. The Hall–Kier alpha value is -0.230. The van der Waals surface area contributed by atoms with Gasteiger partial charge in [-0.3, -0.25) is 0 Å². The third kappa shape index (κ3) is 4.80. The zero-order valence-corrected chi connectivity index (χ0v) is 13.0. The van der Waals surface area contributed by atoms with Crippen molar-refractivity contribution < 1.29 is 8.42 Å². The first kappa shape index (κ1) is 15.8. The third-order valence-electron chi connectivity index (χ3n) is 2.58. The molecule has 0 aliphatic heterocycles. The molecule has 18 heavy (non-hydrogen) atoms. The standard InChI is InChI=1S/C12H18ClNO2S2/c1-14(18(15,16)9-3-8-13)10-11-4-6-12(17-2)7-5-11/h4-7H,3,8-10H2,1-2H3. The molecular weight excluding hydrogens is 290 g/mol. The first-order valence-electron chi connectivity index (χ1n) is 5.62. The van der Waals surface area contributed by atoms with Gasteiger partial charge in [0, 0.05) is 24.4 Å².